The number of carboxylic acids is 1. The number of nitrogens with zero attached hydrogens (tertiary/aromatic N) is 1. The number of phenols is 2. The van der Waals surface area contributed by atoms with Crippen molar-refractivity contribution < 1.29 is 24.9 Å². The van der Waals surface area contributed by atoms with Gasteiger partial charge in [-0.25, -0.2) is 0 Å². The van der Waals surface area contributed by atoms with Crippen LogP contribution in [0.3, 0.4) is 0 Å². The molecule has 1 aliphatic heterocycles. The topological polar surface area (TPSA) is 98.1 Å². The number of carbonyl (C=O) groups is 2. The molecule has 1 saturated heterocycles. The number of phenolic OH excluding ortho intramolecular Hbond substituents is 2. The highest BCUT2D eigenvalue weighted by Crippen LogP contribution is 2.27. The van der Waals surface area contributed by atoms with Crippen LogP contribution in [-0.4, -0.2) is 45.2 Å². The zero-order valence-electron chi connectivity index (χ0n) is 11.7. The predicted molar refractivity (Wildman–Crippen MR) is 75.3 cm³/mol. The molecule has 0 bridgehead atoms. The quantitative estimate of drug-likeness (QED) is 0.735. The molecule has 0 aromatic heterocycles. The molecule has 1 heterocycles. The van der Waals surface area contributed by atoms with Crippen LogP contribution in [0.5, 0.6) is 11.5 Å². The van der Waals surface area contributed by atoms with Crippen LogP contribution in [0.25, 0.3) is 0 Å². The highest BCUT2D eigenvalue weighted by atomic mass is 16.4. The van der Waals surface area contributed by atoms with Gasteiger partial charge in [0, 0.05) is 25.1 Å². The summed E-state index contributed by atoms with van der Waals surface area (Å²) in [6.45, 7) is 1.16. The van der Waals surface area contributed by atoms with E-state index in [1.54, 1.807) is 4.90 Å². The van der Waals surface area contributed by atoms with E-state index in [1.165, 1.54) is 18.2 Å². The lowest BCUT2D eigenvalue weighted by Gasteiger charge is -2.32. The van der Waals surface area contributed by atoms with Crippen molar-refractivity contribution in [3.8, 4) is 11.5 Å². The molecule has 114 valence electrons. The van der Waals surface area contributed by atoms with E-state index in [0.29, 0.717) is 25.1 Å². The average Bonchev–Trinajstić information content (AvgIpc) is 2.47. The van der Waals surface area contributed by atoms with Crippen LogP contribution in [-0.2, 0) is 4.79 Å². The molecule has 0 spiro atoms. The van der Waals surface area contributed by atoms with Gasteiger partial charge in [-0.1, -0.05) is 0 Å². The Hall–Kier alpha value is -2.24. The highest BCUT2D eigenvalue weighted by Gasteiger charge is 2.25. The lowest BCUT2D eigenvalue weighted by molar-refractivity contribution is -0.137. The first kappa shape index (κ1) is 15.2. The third-order valence-corrected chi connectivity index (χ3v) is 3.80. The van der Waals surface area contributed by atoms with Gasteiger partial charge in [0.2, 0.25) is 0 Å². The van der Waals surface area contributed by atoms with Gasteiger partial charge in [0.1, 0.15) is 0 Å². The number of rotatable bonds is 4. The molecule has 1 amide bonds. The smallest absolute Gasteiger partial charge is 0.303 e. The minimum atomic E-state index is -0.818. The number of benzene rings is 1. The van der Waals surface area contributed by atoms with Gasteiger partial charge in [-0.2, -0.15) is 0 Å². The maximum absolute atomic E-state index is 12.4. The maximum atomic E-state index is 12.4. The van der Waals surface area contributed by atoms with Crippen LogP contribution in [0.4, 0.5) is 0 Å². The Morgan fingerprint density at radius 3 is 2.67 bits per heavy atom. The second-order valence-corrected chi connectivity index (χ2v) is 5.40. The Balaban J connectivity index is 2.01. The number of amides is 1. The van der Waals surface area contributed by atoms with Crippen LogP contribution >= 0.6 is 0 Å². The highest BCUT2D eigenvalue weighted by molar-refractivity contribution is 5.95. The van der Waals surface area contributed by atoms with Crippen LogP contribution < -0.4 is 0 Å². The van der Waals surface area contributed by atoms with Crippen LogP contribution in [0.1, 0.15) is 36.0 Å². The van der Waals surface area contributed by atoms with E-state index in [-0.39, 0.29) is 29.7 Å². The fraction of sp³-hybridized carbons (Fsp3) is 0.467. The minimum Gasteiger partial charge on any atom is -0.504 e. The lowest BCUT2D eigenvalue weighted by Crippen LogP contribution is -2.40. The van der Waals surface area contributed by atoms with E-state index in [2.05, 4.69) is 0 Å². The summed E-state index contributed by atoms with van der Waals surface area (Å²) < 4.78 is 0. The monoisotopic (exact) mass is 293 g/mol. The van der Waals surface area contributed by atoms with Gasteiger partial charge in [-0.05, 0) is 43.4 Å². The maximum Gasteiger partial charge on any atom is 0.303 e. The van der Waals surface area contributed by atoms with Crippen molar-refractivity contribution in [3.05, 3.63) is 23.8 Å². The van der Waals surface area contributed by atoms with Crippen molar-refractivity contribution in [1.29, 1.82) is 0 Å². The standard InChI is InChI=1S/C15H19NO5/c17-12-5-4-11(8-13(12)18)15(21)16-7-1-2-10(9-16)3-6-14(19)20/h4-5,8,10,17-18H,1-3,6-7,9H2,(H,19,20). The average molecular weight is 293 g/mol. The molecule has 1 fully saturated rings. The third kappa shape index (κ3) is 3.87. The van der Waals surface area contributed by atoms with Gasteiger partial charge in [0.05, 0.1) is 0 Å². The molecule has 0 saturated carbocycles. The number of carbonyl (C=O) groups excluding carboxylic acids is 1. The molecule has 6 nitrogen and oxygen atoms in total. The molecule has 3 N–H and O–H groups in total. The molecule has 1 aliphatic rings. The van der Waals surface area contributed by atoms with Crippen molar-refractivity contribution in [1.82, 2.24) is 4.90 Å². The first-order chi connectivity index (χ1) is 9.97. The molecule has 1 unspecified atom stereocenters. The van der Waals surface area contributed by atoms with Crippen LogP contribution in [0.15, 0.2) is 18.2 Å². The van der Waals surface area contributed by atoms with E-state index in [4.69, 9.17) is 5.11 Å². The molecule has 1 aromatic carbocycles. The van der Waals surface area contributed by atoms with Crippen molar-refractivity contribution in [2.75, 3.05) is 13.1 Å². The molecule has 1 atom stereocenters. The predicted octanol–water partition coefficient (Wildman–Crippen LogP) is 1.81. The number of hydrogen-bond donors (Lipinski definition) is 3. The van der Waals surface area contributed by atoms with Gasteiger partial charge >= 0.3 is 5.97 Å². The molecule has 2 rings (SSSR count). The number of likely N-dealkylation sites (tertiary alicyclic amines) is 1. The summed E-state index contributed by atoms with van der Waals surface area (Å²) in [6, 6.07) is 4.01. The zero-order valence-corrected chi connectivity index (χ0v) is 11.7. The first-order valence-corrected chi connectivity index (χ1v) is 7.00. The SMILES string of the molecule is O=C(O)CCC1CCCN(C(=O)c2ccc(O)c(O)c2)C1. The van der Waals surface area contributed by atoms with Crippen molar-refractivity contribution in [2.24, 2.45) is 5.92 Å². The van der Waals surface area contributed by atoms with Gasteiger partial charge in [-0.3, -0.25) is 9.59 Å². The van der Waals surface area contributed by atoms with E-state index in [9.17, 15) is 19.8 Å². The summed E-state index contributed by atoms with van der Waals surface area (Å²) in [7, 11) is 0. The number of piperidine rings is 1. The Morgan fingerprint density at radius 2 is 2.00 bits per heavy atom. The molecule has 21 heavy (non-hydrogen) atoms. The van der Waals surface area contributed by atoms with E-state index in [0.717, 1.165) is 12.8 Å². The van der Waals surface area contributed by atoms with E-state index in [1.807, 2.05) is 0 Å². The zero-order chi connectivity index (χ0) is 15.4. The molecule has 0 aliphatic carbocycles. The van der Waals surface area contributed by atoms with Crippen LogP contribution in [0.2, 0.25) is 0 Å². The minimum absolute atomic E-state index is 0.118. The fourth-order valence-corrected chi connectivity index (χ4v) is 2.65. The molecular weight excluding hydrogens is 274 g/mol. The van der Waals surface area contributed by atoms with Crippen molar-refractivity contribution in [3.63, 3.8) is 0 Å². The van der Waals surface area contributed by atoms with Crippen LogP contribution in [0, 0.1) is 5.92 Å². The first-order valence-electron chi connectivity index (χ1n) is 7.00. The van der Waals surface area contributed by atoms with E-state index >= 15 is 0 Å². The molecule has 1 aromatic rings. The summed E-state index contributed by atoms with van der Waals surface area (Å²) in [5.74, 6) is -1.40. The summed E-state index contributed by atoms with van der Waals surface area (Å²) in [5.41, 5.74) is 0.323. The second kappa shape index (κ2) is 6.47. The number of aliphatic carboxylic acids is 1. The summed E-state index contributed by atoms with van der Waals surface area (Å²) in [5, 5.41) is 27.4. The summed E-state index contributed by atoms with van der Waals surface area (Å²) >= 11 is 0. The Kier molecular flexibility index (Phi) is 4.67. The number of carboxylic acid groups (broad SMARTS) is 1. The van der Waals surface area contributed by atoms with E-state index < -0.39 is 5.97 Å². The summed E-state index contributed by atoms with van der Waals surface area (Å²) in [4.78, 5) is 24.7. The molecular formula is C15H19NO5. The lowest BCUT2D eigenvalue weighted by atomic mass is 9.93. The Morgan fingerprint density at radius 1 is 1.24 bits per heavy atom. The Labute approximate surface area is 122 Å². The van der Waals surface area contributed by atoms with Gasteiger partial charge in [0.15, 0.2) is 11.5 Å². The number of aromatic hydroxyl groups is 2. The Bertz CT molecular complexity index is 543. The van der Waals surface area contributed by atoms with Gasteiger partial charge < -0.3 is 20.2 Å². The summed E-state index contributed by atoms with van der Waals surface area (Å²) in [6.07, 6.45) is 2.46. The third-order valence-electron chi connectivity index (χ3n) is 3.80. The number of hydrogen-bond acceptors (Lipinski definition) is 4. The van der Waals surface area contributed by atoms with Gasteiger partial charge in [-0.15, -0.1) is 0 Å². The molecule has 6 heteroatoms. The van der Waals surface area contributed by atoms with Crippen molar-refractivity contribution >= 4 is 11.9 Å². The van der Waals surface area contributed by atoms with Gasteiger partial charge in [0.25, 0.3) is 5.91 Å². The second-order valence-electron chi connectivity index (χ2n) is 5.40. The molecule has 0 radical (unpaired) electrons. The van der Waals surface area contributed by atoms with Crippen molar-refractivity contribution in [2.45, 2.75) is 25.7 Å². The normalized spacial score (nSPS) is 18.5. The largest absolute Gasteiger partial charge is 0.504 e. The fourth-order valence-electron chi connectivity index (χ4n) is 2.65.